The summed E-state index contributed by atoms with van der Waals surface area (Å²) in [5, 5.41) is 5.23. The van der Waals surface area contributed by atoms with Crippen molar-refractivity contribution >= 4 is 5.91 Å². The maximum Gasteiger partial charge on any atom is 0.471 e. The maximum atomic E-state index is 12.4. The molecule has 7 heteroatoms. The smallest absolute Gasteiger partial charge is 0.471 e. The molecule has 1 fully saturated rings. The quantitative estimate of drug-likeness (QED) is 0.899. The zero-order chi connectivity index (χ0) is 16.3. The van der Waals surface area contributed by atoms with E-state index in [1.54, 1.807) is 14.0 Å². The average Bonchev–Trinajstić information content (AvgIpc) is 2.48. The van der Waals surface area contributed by atoms with E-state index in [0.717, 1.165) is 5.56 Å². The summed E-state index contributed by atoms with van der Waals surface area (Å²) in [6.45, 7) is 2.39. The predicted octanol–water partition coefficient (Wildman–Crippen LogP) is 2.21. The van der Waals surface area contributed by atoms with Gasteiger partial charge < -0.3 is 15.4 Å². The van der Waals surface area contributed by atoms with E-state index in [9.17, 15) is 18.0 Å². The van der Waals surface area contributed by atoms with Crippen molar-refractivity contribution in [2.24, 2.45) is 0 Å². The van der Waals surface area contributed by atoms with Gasteiger partial charge in [0.05, 0.1) is 7.11 Å². The lowest BCUT2D eigenvalue weighted by molar-refractivity contribution is -0.174. The molecule has 122 valence electrons. The lowest BCUT2D eigenvalue weighted by Crippen LogP contribution is -2.56. The first-order valence-corrected chi connectivity index (χ1v) is 7.07. The largest absolute Gasteiger partial charge is 0.496 e. The van der Waals surface area contributed by atoms with E-state index in [4.69, 9.17) is 4.74 Å². The molecule has 0 aromatic heterocycles. The number of halogens is 3. The zero-order valence-corrected chi connectivity index (χ0v) is 12.4. The molecule has 0 saturated carbocycles. The summed E-state index contributed by atoms with van der Waals surface area (Å²) in [5.74, 6) is -1.22. The number of nitrogens with one attached hydrogen (secondary N) is 2. The van der Waals surface area contributed by atoms with Gasteiger partial charge in [0.15, 0.2) is 0 Å². The van der Waals surface area contributed by atoms with Gasteiger partial charge in [0.25, 0.3) is 0 Å². The fraction of sp³-hybridized carbons (Fsp3) is 0.533. The van der Waals surface area contributed by atoms with Gasteiger partial charge in [-0.2, -0.15) is 13.2 Å². The number of carbonyl (C=O) groups excluding carboxylic acids is 1. The molecule has 4 nitrogen and oxygen atoms in total. The Morgan fingerprint density at radius 3 is 2.68 bits per heavy atom. The van der Waals surface area contributed by atoms with Crippen LogP contribution in [0.5, 0.6) is 5.75 Å². The lowest BCUT2D eigenvalue weighted by atomic mass is 9.85. The molecule has 0 bridgehead atoms. The van der Waals surface area contributed by atoms with E-state index in [1.807, 2.05) is 24.3 Å². The summed E-state index contributed by atoms with van der Waals surface area (Å²) in [5.41, 5.74) is 0.927. The fourth-order valence-electron chi connectivity index (χ4n) is 2.74. The molecule has 3 atom stereocenters. The summed E-state index contributed by atoms with van der Waals surface area (Å²) in [6, 6.07) is 6.60. The molecule has 3 unspecified atom stereocenters. The Balaban J connectivity index is 2.12. The molecule has 1 heterocycles. The van der Waals surface area contributed by atoms with Crippen LogP contribution >= 0.6 is 0 Å². The van der Waals surface area contributed by atoms with Gasteiger partial charge in [-0.3, -0.25) is 4.79 Å². The van der Waals surface area contributed by atoms with Gasteiger partial charge in [-0.25, -0.2) is 0 Å². The van der Waals surface area contributed by atoms with Crippen molar-refractivity contribution in [2.45, 2.75) is 37.5 Å². The Hall–Kier alpha value is -1.76. The standard InChI is InChI=1S/C15H19F3N2O2/c1-9-12(20-14(21)15(16,17)18)7-10(8-19-9)11-5-3-4-6-13(11)22-2/h3-6,9-10,12,19H,7-8H2,1-2H3,(H,20,21). The van der Waals surface area contributed by atoms with Crippen molar-refractivity contribution in [3.63, 3.8) is 0 Å². The molecule has 1 amide bonds. The van der Waals surface area contributed by atoms with E-state index < -0.39 is 18.1 Å². The van der Waals surface area contributed by atoms with E-state index >= 15 is 0 Å². The normalized spacial score (nSPS) is 25.6. The second-order valence-corrected chi connectivity index (χ2v) is 5.45. The number of ether oxygens (including phenoxy) is 1. The minimum Gasteiger partial charge on any atom is -0.496 e. The molecule has 0 spiro atoms. The van der Waals surface area contributed by atoms with E-state index in [-0.39, 0.29) is 12.0 Å². The van der Waals surface area contributed by atoms with Crippen molar-refractivity contribution in [1.82, 2.24) is 10.6 Å². The number of piperidine rings is 1. The number of rotatable bonds is 3. The van der Waals surface area contributed by atoms with Gasteiger partial charge in [-0.15, -0.1) is 0 Å². The van der Waals surface area contributed by atoms with Crippen molar-refractivity contribution in [3.8, 4) is 5.75 Å². The molecule has 2 N–H and O–H groups in total. The molecule has 1 aliphatic rings. The van der Waals surface area contributed by atoms with Crippen molar-refractivity contribution < 1.29 is 22.7 Å². The second-order valence-electron chi connectivity index (χ2n) is 5.45. The van der Waals surface area contributed by atoms with Gasteiger partial charge in [0.1, 0.15) is 5.75 Å². The third-order valence-corrected chi connectivity index (χ3v) is 3.98. The van der Waals surface area contributed by atoms with Gasteiger partial charge in [-0.05, 0) is 25.0 Å². The third-order valence-electron chi connectivity index (χ3n) is 3.98. The molecular formula is C15H19F3N2O2. The average molecular weight is 316 g/mol. The second kappa shape index (κ2) is 6.56. The van der Waals surface area contributed by atoms with Crippen LogP contribution in [0, 0.1) is 0 Å². The number of hydrogen-bond acceptors (Lipinski definition) is 3. The molecule has 0 aliphatic carbocycles. The Morgan fingerprint density at radius 2 is 2.05 bits per heavy atom. The summed E-state index contributed by atoms with van der Waals surface area (Å²) in [7, 11) is 1.56. The molecule has 22 heavy (non-hydrogen) atoms. The number of benzene rings is 1. The van der Waals surface area contributed by atoms with Crippen LogP contribution in [0.4, 0.5) is 13.2 Å². The van der Waals surface area contributed by atoms with E-state index in [0.29, 0.717) is 18.7 Å². The highest BCUT2D eigenvalue weighted by Gasteiger charge is 2.41. The van der Waals surface area contributed by atoms with Crippen LogP contribution in [0.2, 0.25) is 0 Å². The summed E-state index contributed by atoms with van der Waals surface area (Å²) in [4.78, 5) is 11.2. The highest BCUT2D eigenvalue weighted by Crippen LogP contribution is 2.32. The molecular weight excluding hydrogens is 297 g/mol. The SMILES string of the molecule is COc1ccccc1C1CNC(C)C(NC(=O)C(F)(F)F)C1. The topological polar surface area (TPSA) is 50.4 Å². The highest BCUT2D eigenvalue weighted by atomic mass is 19.4. The molecule has 1 aromatic carbocycles. The molecule has 1 saturated heterocycles. The Kier molecular flexibility index (Phi) is 4.95. The molecule has 1 aromatic rings. The number of methoxy groups -OCH3 is 1. The number of para-hydroxylation sites is 1. The Labute approximate surface area is 127 Å². The number of carbonyl (C=O) groups is 1. The van der Waals surface area contributed by atoms with Crippen LogP contribution < -0.4 is 15.4 Å². The number of alkyl halides is 3. The Morgan fingerprint density at radius 1 is 1.36 bits per heavy atom. The predicted molar refractivity (Wildman–Crippen MR) is 75.8 cm³/mol. The van der Waals surface area contributed by atoms with Crippen LogP contribution in [0.25, 0.3) is 0 Å². The van der Waals surface area contributed by atoms with Crippen LogP contribution in [-0.4, -0.2) is 37.8 Å². The first-order valence-electron chi connectivity index (χ1n) is 7.07. The summed E-state index contributed by atoms with van der Waals surface area (Å²) in [6.07, 6.45) is -4.44. The van der Waals surface area contributed by atoms with Gasteiger partial charge in [0, 0.05) is 24.5 Å². The maximum absolute atomic E-state index is 12.4. The number of hydrogen-bond donors (Lipinski definition) is 2. The lowest BCUT2D eigenvalue weighted by Gasteiger charge is -2.36. The monoisotopic (exact) mass is 316 g/mol. The Bertz CT molecular complexity index is 534. The minimum absolute atomic E-state index is 0.0223. The van der Waals surface area contributed by atoms with Gasteiger partial charge in [0.2, 0.25) is 0 Å². The van der Waals surface area contributed by atoms with Crippen LogP contribution in [0.3, 0.4) is 0 Å². The highest BCUT2D eigenvalue weighted by molar-refractivity contribution is 5.82. The first-order chi connectivity index (χ1) is 10.3. The van der Waals surface area contributed by atoms with E-state index in [2.05, 4.69) is 10.6 Å². The fourth-order valence-corrected chi connectivity index (χ4v) is 2.74. The minimum atomic E-state index is -4.86. The van der Waals surface area contributed by atoms with Crippen molar-refractivity contribution in [2.75, 3.05) is 13.7 Å². The van der Waals surface area contributed by atoms with Crippen molar-refractivity contribution in [1.29, 1.82) is 0 Å². The zero-order valence-electron chi connectivity index (χ0n) is 12.4. The van der Waals surface area contributed by atoms with Crippen LogP contribution in [-0.2, 0) is 4.79 Å². The molecule has 2 rings (SSSR count). The van der Waals surface area contributed by atoms with Gasteiger partial charge in [-0.1, -0.05) is 18.2 Å². The van der Waals surface area contributed by atoms with Crippen LogP contribution in [0.15, 0.2) is 24.3 Å². The summed E-state index contributed by atoms with van der Waals surface area (Å²) >= 11 is 0. The van der Waals surface area contributed by atoms with Crippen LogP contribution in [0.1, 0.15) is 24.8 Å². The van der Waals surface area contributed by atoms with E-state index in [1.165, 1.54) is 0 Å². The number of amides is 1. The molecule has 1 aliphatic heterocycles. The van der Waals surface area contributed by atoms with Gasteiger partial charge >= 0.3 is 12.1 Å². The third kappa shape index (κ3) is 3.71. The molecule has 0 radical (unpaired) electrons. The first kappa shape index (κ1) is 16.6. The summed E-state index contributed by atoms with van der Waals surface area (Å²) < 4.78 is 42.6. The van der Waals surface area contributed by atoms with Crippen molar-refractivity contribution in [3.05, 3.63) is 29.8 Å².